The third-order valence-corrected chi connectivity index (χ3v) is 13.7. The van der Waals surface area contributed by atoms with Crippen molar-refractivity contribution in [1.29, 1.82) is 0 Å². The van der Waals surface area contributed by atoms with Crippen LogP contribution in [0.1, 0.15) is 149 Å². The Labute approximate surface area is 467 Å². The zero-order valence-corrected chi connectivity index (χ0v) is 45.5. The third-order valence-electron chi connectivity index (χ3n) is 13.7. The van der Waals surface area contributed by atoms with Crippen molar-refractivity contribution in [2.45, 2.75) is 173 Å². The van der Waals surface area contributed by atoms with Crippen molar-refractivity contribution in [1.82, 2.24) is 54.9 Å². The van der Waals surface area contributed by atoms with E-state index in [1.54, 1.807) is 60.9 Å². The number of alkyl halides is 8. The monoisotopic (exact) mass is 1150 g/mol. The average molecular weight is 1160 g/mol. The van der Waals surface area contributed by atoms with Gasteiger partial charge < -0.3 is 36.5 Å². The molecule has 6 aromatic heterocycles. The van der Waals surface area contributed by atoms with Crippen LogP contribution in [0.15, 0.2) is 73.2 Å². The van der Waals surface area contributed by atoms with Gasteiger partial charge in [-0.15, -0.1) is 0 Å². The molecular weight excluding hydrogens is 1090 g/mol. The summed E-state index contributed by atoms with van der Waals surface area (Å²) in [5.41, 5.74) is 2.79. The van der Waals surface area contributed by atoms with Crippen molar-refractivity contribution in [3.05, 3.63) is 107 Å². The van der Waals surface area contributed by atoms with Crippen molar-refractivity contribution in [2.24, 2.45) is 0 Å². The molecule has 0 aliphatic heterocycles. The fraction of sp³-hybridized carbons (Fsp3) is 0.491. The molecule has 27 heteroatoms. The number of nitrogens with zero attached hydrogens (tertiary/aromatic N) is 9. The fourth-order valence-electron chi connectivity index (χ4n) is 9.27. The molecule has 3 aliphatic carbocycles. The second-order valence-electron chi connectivity index (χ2n) is 20.7. The normalized spacial score (nSPS) is 16.9. The van der Waals surface area contributed by atoms with Crippen LogP contribution in [0, 0.1) is 0 Å². The molecule has 0 spiro atoms. The van der Waals surface area contributed by atoms with E-state index >= 15 is 0 Å². The number of carbonyl (C=O) groups excluding carboxylic acids is 4. The molecule has 0 bridgehead atoms. The highest BCUT2D eigenvalue weighted by Gasteiger charge is 2.37. The smallest absolute Gasteiger partial charge is 0.282 e. The molecular formula is C55H66F8N14O5. The van der Waals surface area contributed by atoms with E-state index in [0.717, 1.165) is 16.7 Å². The Balaban J connectivity index is 0.000000177. The van der Waals surface area contributed by atoms with Crippen LogP contribution in [0.5, 0.6) is 0 Å². The Bertz CT molecular complexity index is 3100. The zero-order valence-electron chi connectivity index (χ0n) is 45.5. The van der Waals surface area contributed by atoms with Crippen molar-refractivity contribution >= 4 is 41.3 Å². The lowest BCUT2D eigenvalue weighted by molar-refractivity contribution is -0.120. The molecule has 6 heterocycles. The third kappa shape index (κ3) is 19.1. The summed E-state index contributed by atoms with van der Waals surface area (Å²) in [5, 5.41) is 36.4. The summed E-state index contributed by atoms with van der Waals surface area (Å²) < 4.78 is 110. The van der Waals surface area contributed by atoms with Crippen molar-refractivity contribution < 1.29 is 59.4 Å². The predicted octanol–water partition coefficient (Wildman–Crippen LogP) is 9.81. The van der Waals surface area contributed by atoms with Crippen LogP contribution in [0.4, 0.5) is 52.6 Å². The second kappa shape index (κ2) is 27.8. The zero-order chi connectivity index (χ0) is 59.2. The van der Waals surface area contributed by atoms with Crippen molar-refractivity contribution in [3.63, 3.8) is 0 Å². The lowest BCUT2D eigenvalue weighted by Gasteiger charge is -2.29. The maximum atomic E-state index is 13.4. The number of Topliss-reactive ketones (excluding diaryl/α,β-unsaturated/α-hetero) is 1. The summed E-state index contributed by atoms with van der Waals surface area (Å²) >= 11 is 0. The molecule has 19 nitrogen and oxygen atoms in total. The van der Waals surface area contributed by atoms with Crippen LogP contribution in [0.2, 0.25) is 0 Å². The van der Waals surface area contributed by atoms with Crippen LogP contribution in [-0.4, -0.2) is 109 Å². The van der Waals surface area contributed by atoms with Gasteiger partial charge in [0, 0.05) is 109 Å². The molecule has 0 aromatic carbocycles. The van der Waals surface area contributed by atoms with Gasteiger partial charge in [-0.1, -0.05) is 0 Å². The summed E-state index contributed by atoms with van der Waals surface area (Å²) in [6.07, 6.45) is 4.59. The van der Waals surface area contributed by atoms with E-state index in [4.69, 9.17) is 0 Å². The fourth-order valence-corrected chi connectivity index (χ4v) is 9.27. The summed E-state index contributed by atoms with van der Waals surface area (Å²) in [6.45, 7) is 4.78. The number of amides is 2. The van der Waals surface area contributed by atoms with Gasteiger partial charge in [-0.3, -0.25) is 14.4 Å². The summed E-state index contributed by atoms with van der Waals surface area (Å²) in [5.74, 6) is -5.26. The number of pyridine rings is 3. The number of aliphatic hydroxyl groups excluding tert-OH is 1. The molecule has 3 saturated carbocycles. The van der Waals surface area contributed by atoms with Crippen LogP contribution >= 0.6 is 0 Å². The molecule has 2 amide bonds. The van der Waals surface area contributed by atoms with Crippen LogP contribution in [0.25, 0.3) is 17.5 Å². The van der Waals surface area contributed by atoms with E-state index in [1.807, 2.05) is 0 Å². The van der Waals surface area contributed by atoms with E-state index in [-0.39, 0.29) is 92.2 Å². The number of aldehydes is 1. The average Bonchev–Trinajstić information content (AvgIpc) is 4.28. The molecule has 6 N–H and O–H groups in total. The lowest BCUT2D eigenvalue weighted by Crippen LogP contribution is -2.32. The van der Waals surface area contributed by atoms with Gasteiger partial charge in [0.2, 0.25) is 29.6 Å². The number of aryl methyl sites for hydroxylation is 1. The highest BCUT2D eigenvalue weighted by atomic mass is 19.3. The first-order chi connectivity index (χ1) is 38.9. The van der Waals surface area contributed by atoms with E-state index < -0.39 is 24.2 Å². The van der Waals surface area contributed by atoms with Crippen molar-refractivity contribution in [3.8, 4) is 17.5 Å². The van der Waals surface area contributed by atoms with Gasteiger partial charge in [0.25, 0.3) is 6.43 Å². The van der Waals surface area contributed by atoms with E-state index in [2.05, 4.69) is 56.8 Å². The number of carbonyl (C=O) groups is 4. The highest BCUT2D eigenvalue weighted by Crippen LogP contribution is 2.37. The summed E-state index contributed by atoms with van der Waals surface area (Å²) in [4.78, 5) is 58.0. The maximum absolute atomic E-state index is 13.4. The minimum atomic E-state index is -2.69. The number of nitrogens with one attached hydrogen (secondary N) is 5. The number of halogens is 8. The molecule has 3 aliphatic rings. The first kappa shape index (κ1) is 61.8. The van der Waals surface area contributed by atoms with E-state index in [1.165, 1.54) is 47.1 Å². The number of hydrogen-bond donors (Lipinski definition) is 6. The maximum Gasteiger partial charge on any atom is 0.282 e. The van der Waals surface area contributed by atoms with Gasteiger partial charge in [-0.2, -0.15) is 15.3 Å². The molecule has 442 valence electrons. The van der Waals surface area contributed by atoms with Crippen LogP contribution < -0.4 is 26.6 Å². The Morgan fingerprint density at radius 2 is 0.976 bits per heavy atom. The van der Waals surface area contributed by atoms with Gasteiger partial charge in [0.15, 0.2) is 23.7 Å². The summed E-state index contributed by atoms with van der Waals surface area (Å²) in [7, 11) is 0. The van der Waals surface area contributed by atoms with Gasteiger partial charge in [-0.05, 0) is 123 Å². The van der Waals surface area contributed by atoms with Gasteiger partial charge in [0.05, 0.1) is 12.3 Å². The Hall–Kier alpha value is -7.84. The molecule has 0 radical (unpaired) electrons. The minimum Gasteiger partial charge on any atom is -0.390 e. The van der Waals surface area contributed by atoms with Crippen LogP contribution in [-0.2, 0) is 40.5 Å². The SMILES string of the molecule is CC(=O)CCc1cc(NC2CCC(F)(F)CC2)nc(-n2ccc(C(F)F)n2)c1.CC(=O)NCc1cc(NC2CCC(F)(F)CC2)nc(-n2ccc(C=O)n2)c1.CC(=O)NCc1cc(NC2CCC(F)(F)CC2)nc(-n2ccc(CO)n2)c1. The van der Waals surface area contributed by atoms with E-state index in [9.17, 15) is 59.4 Å². The van der Waals surface area contributed by atoms with Crippen molar-refractivity contribution in [2.75, 3.05) is 16.0 Å². The van der Waals surface area contributed by atoms with Gasteiger partial charge >= 0.3 is 0 Å². The number of aromatic nitrogens is 9. The van der Waals surface area contributed by atoms with Gasteiger partial charge in [-0.25, -0.2) is 64.1 Å². The molecule has 0 saturated heterocycles. The molecule has 82 heavy (non-hydrogen) atoms. The predicted molar refractivity (Wildman–Crippen MR) is 287 cm³/mol. The first-order valence-electron chi connectivity index (χ1n) is 26.9. The number of aliphatic hydroxyl groups is 1. The lowest BCUT2D eigenvalue weighted by atomic mass is 9.92. The molecule has 9 rings (SSSR count). The van der Waals surface area contributed by atoms with Gasteiger partial charge in [0.1, 0.15) is 34.6 Å². The summed E-state index contributed by atoms with van der Waals surface area (Å²) in [6, 6.07) is 14.7. The highest BCUT2D eigenvalue weighted by molar-refractivity contribution is 5.76. The quantitative estimate of drug-likeness (QED) is 0.0327. The number of hydrogen-bond acceptors (Lipinski definition) is 14. The number of anilines is 3. The molecule has 6 aromatic rings. The Morgan fingerprint density at radius 3 is 1.34 bits per heavy atom. The first-order valence-corrected chi connectivity index (χ1v) is 26.9. The molecule has 3 fully saturated rings. The topological polar surface area (TPSA) is 241 Å². The Morgan fingerprint density at radius 1 is 0.585 bits per heavy atom. The number of rotatable bonds is 19. The largest absolute Gasteiger partial charge is 0.390 e. The minimum absolute atomic E-state index is 0.0291. The van der Waals surface area contributed by atoms with E-state index in [0.29, 0.717) is 111 Å². The molecule has 0 unspecified atom stereocenters. The Kier molecular flexibility index (Phi) is 20.9. The standard InChI is InChI=1S/C19H22F4N4O.C18H23F2N5O2.C18H21F2N5O2/c1-12(28)2-3-13-10-16(24-14-4-7-19(22,23)8-5-14)25-17(11-13)27-9-6-15(26-27)18(20)21;2*1-12(27)21-10-13-8-16(22-14-2-5-18(19,20)6-3-14)23-17(9-13)25-7-4-15(11-26)24-25/h6,9-11,14,18H,2-5,7-8H2,1H3,(H,24,25);4,7-9,14,26H,2-3,5-6,10-11H2,1H3,(H,21,27)(H,22,23);4,7-9,11,14H,2-3,5-6,10H2,1H3,(H,21,27)(H,22,23). The van der Waals surface area contributed by atoms with Crippen LogP contribution in [0.3, 0.4) is 0 Å². The number of ketones is 1. The molecule has 0 atom stereocenters. The second-order valence-corrected chi connectivity index (χ2v) is 20.7.